The number of aromatic nitrogens is 1. The van der Waals surface area contributed by atoms with Gasteiger partial charge in [-0.25, -0.2) is 4.98 Å². The smallest absolute Gasteiger partial charge is 0.236 e. The van der Waals surface area contributed by atoms with Gasteiger partial charge in [-0.3, -0.25) is 9.69 Å². The van der Waals surface area contributed by atoms with Crippen molar-refractivity contribution in [2.24, 2.45) is 5.73 Å². The number of pyridine rings is 1. The SMILES string of the molecule is NCC(=O)N1CCCC(N2CCN(c3ccccn3)CC2)C1. The molecule has 1 amide bonds. The summed E-state index contributed by atoms with van der Waals surface area (Å²) in [6.45, 7) is 5.88. The lowest BCUT2D eigenvalue weighted by molar-refractivity contribution is -0.131. The largest absolute Gasteiger partial charge is 0.354 e. The number of hydrogen-bond donors (Lipinski definition) is 1. The molecule has 3 rings (SSSR count). The van der Waals surface area contributed by atoms with Gasteiger partial charge in [-0.15, -0.1) is 0 Å². The fourth-order valence-electron chi connectivity index (χ4n) is 3.47. The van der Waals surface area contributed by atoms with E-state index in [2.05, 4.69) is 20.9 Å². The Kier molecular flexibility index (Phi) is 4.90. The lowest BCUT2D eigenvalue weighted by atomic mass is 10.0. The summed E-state index contributed by atoms with van der Waals surface area (Å²) in [5.74, 6) is 1.14. The standard InChI is InChI=1S/C16H25N5O/c17-12-16(22)21-7-3-4-14(13-21)19-8-10-20(11-9-19)15-5-1-2-6-18-15/h1-2,5-6,14H,3-4,7-13,17H2. The molecule has 2 fully saturated rings. The maximum atomic E-state index is 11.8. The van der Waals surface area contributed by atoms with Crippen LogP contribution in [0.5, 0.6) is 0 Å². The van der Waals surface area contributed by atoms with Gasteiger partial charge in [-0.1, -0.05) is 6.07 Å². The lowest BCUT2D eigenvalue weighted by Crippen LogP contribution is -2.56. The van der Waals surface area contributed by atoms with Gasteiger partial charge in [0.1, 0.15) is 5.82 Å². The molecular formula is C16H25N5O. The molecule has 0 saturated carbocycles. The van der Waals surface area contributed by atoms with Gasteiger partial charge in [0.05, 0.1) is 6.54 Å². The molecule has 0 bridgehead atoms. The third kappa shape index (κ3) is 3.39. The highest BCUT2D eigenvalue weighted by molar-refractivity contribution is 5.78. The molecule has 1 aromatic heterocycles. The first-order valence-electron chi connectivity index (χ1n) is 8.16. The fraction of sp³-hybridized carbons (Fsp3) is 0.625. The van der Waals surface area contributed by atoms with Crippen LogP contribution in [0.15, 0.2) is 24.4 Å². The normalized spacial score (nSPS) is 23.6. The van der Waals surface area contributed by atoms with Gasteiger partial charge in [0.25, 0.3) is 0 Å². The van der Waals surface area contributed by atoms with E-state index in [-0.39, 0.29) is 12.5 Å². The maximum absolute atomic E-state index is 11.8. The molecule has 120 valence electrons. The Morgan fingerprint density at radius 2 is 2.05 bits per heavy atom. The minimum absolute atomic E-state index is 0.0804. The van der Waals surface area contributed by atoms with Crippen molar-refractivity contribution in [1.29, 1.82) is 0 Å². The van der Waals surface area contributed by atoms with Crippen molar-refractivity contribution in [3.63, 3.8) is 0 Å². The van der Waals surface area contributed by atoms with E-state index >= 15 is 0 Å². The Morgan fingerprint density at radius 1 is 1.23 bits per heavy atom. The highest BCUT2D eigenvalue weighted by atomic mass is 16.2. The van der Waals surface area contributed by atoms with Crippen LogP contribution in [0.1, 0.15) is 12.8 Å². The second-order valence-electron chi connectivity index (χ2n) is 6.05. The summed E-state index contributed by atoms with van der Waals surface area (Å²) in [5, 5.41) is 0. The molecule has 2 aliphatic heterocycles. The fourth-order valence-corrected chi connectivity index (χ4v) is 3.47. The van der Waals surface area contributed by atoms with Crippen molar-refractivity contribution in [3.8, 4) is 0 Å². The first kappa shape index (κ1) is 15.2. The molecule has 1 unspecified atom stereocenters. The number of amides is 1. The van der Waals surface area contributed by atoms with Crippen LogP contribution in [0.2, 0.25) is 0 Å². The summed E-state index contributed by atoms with van der Waals surface area (Å²) in [4.78, 5) is 23.0. The van der Waals surface area contributed by atoms with Gasteiger partial charge >= 0.3 is 0 Å². The maximum Gasteiger partial charge on any atom is 0.236 e. The molecular weight excluding hydrogens is 278 g/mol. The summed E-state index contributed by atoms with van der Waals surface area (Å²) in [5.41, 5.74) is 5.49. The number of rotatable bonds is 3. The second-order valence-corrected chi connectivity index (χ2v) is 6.05. The zero-order chi connectivity index (χ0) is 15.4. The minimum Gasteiger partial charge on any atom is -0.354 e. The number of nitrogens with zero attached hydrogens (tertiary/aromatic N) is 4. The highest BCUT2D eigenvalue weighted by Gasteiger charge is 2.29. The lowest BCUT2D eigenvalue weighted by Gasteiger charge is -2.43. The van der Waals surface area contributed by atoms with E-state index in [1.807, 2.05) is 23.2 Å². The van der Waals surface area contributed by atoms with Gasteiger partial charge in [0.2, 0.25) is 5.91 Å². The van der Waals surface area contributed by atoms with Crippen molar-refractivity contribution in [2.75, 3.05) is 50.7 Å². The van der Waals surface area contributed by atoms with E-state index in [1.54, 1.807) is 0 Å². The number of likely N-dealkylation sites (tertiary alicyclic amines) is 1. The Labute approximate surface area is 131 Å². The number of carbonyl (C=O) groups excluding carboxylic acids is 1. The number of piperazine rings is 1. The van der Waals surface area contributed by atoms with Gasteiger partial charge in [-0.05, 0) is 25.0 Å². The van der Waals surface area contributed by atoms with Crippen molar-refractivity contribution in [3.05, 3.63) is 24.4 Å². The molecule has 2 aliphatic rings. The molecule has 0 spiro atoms. The van der Waals surface area contributed by atoms with E-state index in [9.17, 15) is 4.79 Å². The van der Waals surface area contributed by atoms with Crippen LogP contribution < -0.4 is 10.6 Å². The summed E-state index contributed by atoms with van der Waals surface area (Å²) in [7, 11) is 0. The summed E-state index contributed by atoms with van der Waals surface area (Å²) >= 11 is 0. The number of anilines is 1. The van der Waals surface area contributed by atoms with Gasteiger partial charge in [0, 0.05) is 51.5 Å². The van der Waals surface area contributed by atoms with Gasteiger partial charge < -0.3 is 15.5 Å². The van der Waals surface area contributed by atoms with Crippen molar-refractivity contribution in [2.45, 2.75) is 18.9 Å². The molecule has 3 heterocycles. The predicted octanol–water partition coefficient (Wildman–Crippen LogP) is 0.153. The highest BCUT2D eigenvalue weighted by Crippen LogP contribution is 2.19. The van der Waals surface area contributed by atoms with E-state index in [0.717, 1.165) is 51.5 Å². The molecule has 2 N–H and O–H groups in total. The molecule has 6 heteroatoms. The monoisotopic (exact) mass is 303 g/mol. The summed E-state index contributed by atoms with van der Waals surface area (Å²) < 4.78 is 0. The molecule has 1 aromatic rings. The van der Waals surface area contributed by atoms with Crippen LogP contribution >= 0.6 is 0 Å². The number of hydrogen-bond acceptors (Lipinski definition) is 5. The van der Waals surface area contributed by atoms with E-state index < -0.39 is 0 Å². The zero-order valence-corrected chi connectivity index (χ0v) is 13.0. The zero-order valence-electron chi connectivity index (χ0n) is 13.0. The molecule has 0 radical (unpaired) electrons. The topological polar surface area (TPSA) is 65.7 Å². The molecule has 2 saturated heterocycles. The average molecular weight is 303 g/mol. The van der Waals surface area contributed by atoms with Gasteiger partial charge in [0.15, 0.2) is 0 Å². The average Bonchev–Trinajstić information content (AvgIpc) is 2.62. The molecule has 6 nitrogen and oxygen atoms in total. The van der Waals surface area contributed by atoms with E-state index in [0.29, 0.717) is 6.04 Å². The Morgan fingerprint density at radius 3 is 2.73 bits per heavy atom. The first-order valence-corrected chi connectivity index (χ1v) is 8.16. The Balaban J connectivity index is 1.54. The van der Waals surface area contributed by atoms with Crippen molar-refractivity contribution >= 4 is 11.7 Å². The van der Waals surface area contributed by atoms with Crippen molar-refractivity contribution in [1.82, 2.24) is 14.8 Å². The van der Waals surface area contributed by atoms with Crippen LogP contribution in [0, 0.1) is 0 Å². The molecule has 22 heavy (non-hydrogen) atoms. The van der Waals surface area contributed by atoms with Crippen LogP contribution in [0.4, 0.5) is 5.82 Å². The predicted molar refractivity (Wildman–Crippen MR) is 86.7 cm³/mol. The van der Waals surface area contributed by atoms with Crippen LogP contribution in [0.25, 0.3) is 0 Å². The summed E-state index contributed by atoms with van der Waals surface area (Å²) in [6.07, 6.45) is 4.11. The third-order valence-corrected chi connectivity index (χ3v) is 4.73. The molecule has 0 aliphatic carbocycles. The number of carbonyl (C=O) groups is 1. The van der Waals surface area contributed by atoms with Gasteiger partial charge in [-0.2, -0.15) is 0 Å². The number of piperidine rings is 1. The Bertz CT molecular complexity index is 487. The van der Waals surface area contributed by atoms with E-state index in [4.69, 9.17) is 5.73 Å². The Hall–Kier alpha value is -1.66. The third-order valence-electron chi connectivity index (χ3n) is 4.73. The summed E-state index contributed by atoms with van der Waals surface area (Å²) in [6, 6.07) is 6.53. The van der Waals surface area contributed by atoms with E-state index in [1.165, 1.54) is 6.42 Å². The minimum atomic E-state index is 0.0804. The van der Waals surface area contributed by atoms with Crippen LogP contribution in [-0.4, -0.2) is 72.5 Å². The second kappa shape index (κ2) is 7.07. The quantitative estimate of drug-likeness (QED) is 0.861. The van der Waals surface area contributed by atoms with Crippen LogP contribution in [-0.2, 0) is 4.79 Å². The molecule has 0 aromatic carbocycles. The van der Waals surface area contributed by atoms with Crippen LogP contribution in [0.3, 0.4) is 0 Å². The van der Waals surface area contributed by atoms with Crippen molar-refractivity contribution < 1.29 is 4.79 Å². The molecule has 1 atom stereocenters. The first-order chi connectivity index (χ1) is 10.8. The number of nitrogens with two attached hydrogens (primary N) is 1.